The number of hydrogen-bond donors (Lipinski definition) is 1. The van der Waals surface area contributed by atoms with Gasteiger partial charge in [-0.05, 0) is 36.6 Å². The van der Waals surface area contributed by atoms with Crippen LogP contribution in [0.25, 0.3) is 11.1 Å². The predicted molar refractivity (Wildman–Crippen MR) is 78.0 cm³/mol. The minimum absolute atomic E-state index is 0.206. The summed E-state index contributed by atoms with van der Waals surface area (Å²) in [7, 11) is 1.84. The fourth-order valence-corrected chi connectivity index (χ4v) is 2.32. The van der Waals surface area contributed by atoms with Gasteiger partial charge in [-0.25, -0.2) is 0 Å². The van der Waals surface area contributed by atoms with Gasteiger partial charge in [0, 0.05) is 29.7 Å². The summed E-state index contributed by atoms with van der Waals surface area (Å²) in [5, 5.41) is 24.0. The molecule has 1 aromatic carbocycles. The van der Waals surface area contributed by atoms with Gasteiger partial charge in [-0.2, -0.15) is 10.4 Å². The summed E-state index contributed by atoms with van der Waals surface area (Å²) in [4.78, 5) is 0. The van der Waals surface area contributed by atoms with E-state index >= 15 is 0 Å². The molecule has 104 valence electrons. The maximum absolute atomic E-state index is 10.3. The first kappa shape index (κ1) is 14.6. The van der Waals surface area contributed by atoms with Gasteiger partial charge in [-0.3, -0.25) is 4.68 Å². The Bertz CT molecular complexity index is 645. The van der Waals surface area contributed by atoms with Crippen LogP contribution in [0.2, 0.25) is 5.02 Å². The SMILES string of the molecule is C[C@@H](C#N)C[C@H](O)c1ccc(Cl)cc1-c1cnn(C)c1. The predicted octanol–water partition coefficient (Wildman–Crippen LogP) is 3.32. The van der Waals surface area contributed by atoms with E-state index in [0.29, 0.717) is 11.4 Å². The lowest BCUT2D eigenvalue weighted by Gasteiger charge is -2.16. The van der Waals surface area contributed by atoms with Gasteiger partial charge in [0.1, 0.15) is 0 Å². The molecule has 20 heavy (non-hydrogen) atoms. The number of benzene rings is 1. The number of rotatable bonds is 4. The van der Waals surface area contributed by atoms with Crippen molar-refractivity contribution in [2.75, 3.05) is 0 Å². The third-order valence-corrected chi connectivity index (χ3v) is 3.42. The molecule has 0 unspecified atom stereocenters. The second-order valence-corrected chi connectivity index (χ2v) is 5.35. The highest BCUT2D eigenvalue weighted by atomic mass is 35.5. The van der Waals surface area contributed by atoms with Crippen LogP contribution < -0.4 is 0 Å². The summed E-state index contributed by atoms with van der Waals surface area (Å²) in [5.74, 6) is -0.206. The molecule has 2 rings (SSSR count). The zero-order valence-corrected chi connectivity index (χ0v) is 12.2. The number of aromatic nitrogens is 2. The highest BCUT2D eigenvalue weighted by Gasteiger charge is 2.17. The van der Waals surface area contributed by atoms with Crippen molar-refractivity contribution in [3.05, 3.63) is 41.2 Å². The second kappa shape index (κ2) is 6.08. The summed E-state index contributed by atoms with van der Waals surface area (Å²) in [5.41, 5.74) is 2.52. The number of halogens is 1. The topological polar surface area (TPSA) is 61.8 Å². The van der Waals surface area contributed by atoms with Crippen LogP contribution in [0.1, 0.15) is 25.0 Å². The van der Waals surface area contributed by atoms with Crippen LogP contribution >= 0.6 is 11.6 Å². The molecule has 0 spiro atoms. The molecule has 0 amide bonds. The molecule has 4 nitrogen and oxygen atoms in total. The lowest BCUT2D eigenvalue weighted by Crippen LogP contribution is -2.04. The van der Waals surface area contributed by atoms with Crippen LogP contribution in [-0.4, -0.2) is 14.9 Å². The summed E-state index contributed by atoms with van der Waals surface area (Å²) in [6, 6.07) is 7.50. The van der Waals surface area contributed by atoms with E-state index in [0.717, 1.165) is 16.7 Å². The van der Waals surface area contributed by atoms with Crippen LogP contribution in [-0.2, 0) is 7.05 Å². The Labute approximate surface area is 123 Å². The highest BCUT2D eigenvalue weighted by Crippen LogP contribution is 2.33. The molecule has 5 heteroatoms. The second-order valence-electron chi connectivity index (χ2n) is 4.92. The third-order valence-electron chi connectivity index (χ3n) is 3.19. The van der Waals surface area contributed by atoms with Crippen LogP contribution in [0.3, 0.4) is 0 Å². The smallest absolute Gasteiger partial charge is 0.0808 e. The molecule has 0 saturated carbocycles. The normalized spacial score (nSPS) is 13.8. The van der Waals surface area contributed by atoms with E-state index in [4.69, 9.17) is 16.9 Å². The monoisotopic (exact) mass is 289 g/mol. The first-order valence-corrected chi connectivity index (χ1v) is 6.75. The Morgan fingerprint density at radius 1 is 1.50 bits per heavy atom. The Balaban J connectivity index is 2.41. The zero-order valence-electron chi connectivity index (χ0n) is 11.4. The molecular formula is C15H16ClN3O. The van der Waals surface area contributed by atoms with Crippen molar-refractivity contribution in [1.29, 1.82) is 5.26 Å². The molecule has 2 atom stereocenters. The Kier molecular flexibility index (Phi) is 4.43. The number of aryl methyl sites for hydroxylation is 1. The van der Waals surface area contributed by atoms with E-state index in [-0.39, 0.29) is 5.92 Å². The number of nitriles is 1. The summed E-state index contributed by atoms with van der Waals surface area (Å²) < 4.78 is 1.70. The quantitative estimate of drug-likeness (QED) is 0.939. The van der Waals surface area contributed by atoms with Gasteiger partial charge in [0.25, 0.3) is 0 Å². The maximum atomic E-state index is 10.3. The van der Waals surface area contributed by atoms with E-state index < -0.39 is 6.10 Å². The van der Waals surface area contributed by atoms with E-state index in [1.54, 1.807) is 29.9 Å². The largest absolute Gasteiger partial charge is 0.388 e. The van der Waals surface area contributed by atoms with Gasteiger partial charge >= 0.3 is 0 Å². The third kappa shape index (κ3) is 3.19. The van der Waals surface area contributed by atoms with Crippen molar-refractivity contribution in [2.24, 2.45) is 13.0 Å². The summed E-state index contributed by atoms with van der Waals surface area (Å²) >= 11 is 6.05. The van der Waals surface area contributed by atoms with Gasteiger partial charge in [-0.15, -0.1) is 0 Å². The average Bonchev–Trinajstić information content (AvgIpc) is 2.84. The number of aliphatic hydroxyl groups is 1. The van der Waals surface area contributed by atoms with E-state index in [1.807, 2.05) is 19.3 Å². The Morgan fingerprint density at radius 2 is 2.25 bits per heavy atom. The Hall–Kier alpha value is -1.83. The molecular weight excluding hydrogens is 274 g/mol. The Morgan fingerprint density at radius 3 is 2.85 bits per heavy atom. The molecule has 0 radical (unpaired) electrons. The zero-order chi connectivity index (χ0) is 14.7. The van der Waals surface area contributed by atoms with Gasteiger partial charge in [0.05, 0.1) is 18.4 Å². The summed E-state index contributed by atoms with van der Waals surface area (Å²) in [6.45, 7) is 1.79. The number of aliphatic hydroxyl groups excluding tert-OH is 1. The van der Waals surface area contributed by atoms with Crippen molar-refractivity contribution in [3.63, 3.8) is 0 Å². The number of nitrogens with zero attached hydrogens (tertiary/aromatic N) is 3. The molecule has 2 aromatic rings. The molecule has 0 bridgehead atoms. The van der Waals surface area contributed by atoms with Gasteiger partial charge in [0.15, 0.2) is 0 Å². The van der Waals surface area contributed by atoms with Crippen molar-refractivity contribution < 1.29 is 5.11 Å². The fourth-order valence-electron chi connectivity index (χ4n) is 2.14. The first-order valence-electron chi connectivity index (χ1n) is 6.37. The minimum Gasteiger partial charge on any atom is -0.388 e. The standard InChI is InChI=1S/C15H16ClN3O/c1-10(7-17)5-15(20)13-4-3-12(16)6-14(13)11-8-18-19(2)9-11/h3-4,6,8-10,15,20H,5H2,1-2H3/t10-,15+/m1/s1. The van der Waals surface area contributed by atoms with Gasteiger partial charge < -0.3 is 5.11 Å². The van der Waals surface area contributed by atoms with Crippen molar-refractivity contribution >= 4 is 11.6 Å². The van der Waals surface area contributed by atoms with E-state index in [9.17, 15) is 5.11 Å². The van der Waals surface area contributed by atoms with E-state index in [1.165, 1.54) is 0 Å². The van der Waals surface area contributed by atoms with Gasteiger partial charge in [0.2, 0.25) is 0 Å². The van der Waals surface area contributed by atoms with Crippen molar-refractivity contribution in [3.8, 4) is 17.2 Å². The molecule has 0 saturated heterocycles. The number of hydrogen-bond acceptors (Lipinski definition) is 3. The molecule has 0 fully saturated rings. The molecule has 0 aliphatic heterocycles. The van der Waals surface area contributed by atoms with Crippen LogP contribution in [0.5, 0.6) is 0 Å². The van der Waals surface area contributed by atoms with Crippen LogP contribution in [0.15, 0.2) is 30.6 Å². The molecule has 1 heterocycles. The van der Waals surface area contributed by atoms with E-state index in [2.05, 4.69) is 11.2 Å². The summed E-state index contributed by atoms with van der Waals surface area (Å²) in [6.07, 6.45) is 3.30. The lowest BCUT2D eigenvalue weighted by molar-refractivity contribution is 0.157. The average molecular weight is 290 g/mol. The van der Waals surface area contributed by atoms with Crippen molar-refractivity contribution in [1.82, 2.24) is 9.78 Å². The van der Waals surface area contributed by atoms with Crippen LogP contribution in [0.4, 0.5) is 0 Å². The minimum atomic E-state index is -0.697. The highest BCUT2D eigenvalue weighted by molar-refractivity contribution is 6.30. The fraction of sp³-hybridized carbons (Fsp3) is 0.333. The van der Waals surface area contributed by atoms with Gasteiger partial charge in [-0.1, -0.05) is 17.7 Å². The van der Waals surface area contributed by atoms with Crippen LogP contribution in [0, 0.1) is 17.2 Å². The molecule has 0 aliphatic rings. The van der Waals surface area contributed by atoms with Crippen molar-refractivity contribution in [2.45, 2.75) is 19.4 Å². The molecule has 1 aromatic heterocycles. The molecule has 1 N–H and O–H groups in total. The lowest BCUT2D eigenvalue weighted by atomic mass is 9.93. The molecule has 0 aliphatic carbocycles. The maximum Gasteiger partial charge on any atom is 0.0808 e. The first-order chi connectivity index (χ1) is 9.51.